The molecule has 0 unspecified atom stereocenters. The molecule has 1 N–H and O–H groups in total. The number of methoxy groups -OCH3 is 1. The van der Waals surface area contributed by atoms with Crippen molar-refractivity contribution in [2.75, 3.05) is 20.3 Å². The van der Waals surface area contributed by atoms with E-state index in [4.69, 9.17) is 4.74 Å². The van der Waals surface area contributed by atoms with E-state index in [-0.39, 0.29) is 5.75 Å². The predicted octanol–water partition coefficient (Wildman–Crippen LogP) is 2.16. The molecule has 0 saturated heterocycles. The summed E-state index contributed by atoms with van der Waals surface area (Å²) in [5.74, 6) is -0.782. The number of nitrogens with one attached hydrogen (secondary N) is 1. The Morgan fingerprint density at radius 1 is 1.29 bits per heavy atom. The molecular formula is C11H14F3NO2. The Morgan fingerprint density at radius 3 is 2.71 bits per heavy atom. The molecule has 0 aliphatic heterocycles. The van der Waals surface area contributed by atoms with Gasteiger partial charge in [-0.05, 0) is 17.7 Å². The third-order valence-electron chi connectivity index (χ3n) is 1.97. The summed E-state index contributed by atoms with van der Waals surface area (Å²) in [6.45, 7) is -1.47. The number of rotatable bonds is 7. The van der Waals surface area contributed by atoms with Crippen LogP contribution in [0.2, 0.25) is 0 Å². The predicted molar refractivity (Wildman–Crippen MR) is 56.6 cm³/mol. The van der Waals surface area contributed by atoms with Gasteiger partial charge in [-0.1, -0.05) is 0 Å². The van der Waals surface area contributed by atoms with Crippen LogP contribution in [-0.2, 0) is 11.3 Å². The van der Waals surface area contributed by atoms with Crippen LogP contribution in [0.3, 0.4) is 0 Å². The Labute approximate surface area is 97.5 Å². The van der Waals surface area contributed by atoms with Crippen molar-refractivity contribution in [3.8, 4) is 5.75 Å². The lowest BCUT2D eigenvalue weighted by atomic mass is 10.2. The molecule has 0 bridgehead atoms. The van der Waals surface area contributed by atoms with Gasteiger partial charge in [0.05, 0.1) is 6.61 Å². The van der Waals surface area contributed by atoms with Gasteiger partial charge in [-0.25, -0.2) is 4.39 Å². The lowest BCUT2D eigenvalue weighted by Gasteiger charge is -2.08. The first kappa shape index (κ1) is 13.8. The molecule has 6 heteroatoms. The van der Waals surface area contributed by atoms with Crippen molar-refractivity contribution in [3.63, 3.8) is 0 Å². The van der Waals surface area contributed by atoms with Crippen LogP contribution in [0.5, 0.6) is 5.75 Å². The monoisotopic (exact) mass is 249 g/mol. The largest absolute Gasteiger partial charge is 0.435 e. The Kier molecular flexibility index (Phi) is 5.79. The van der Waals surface area contributed by atoms with Crippen LogP contribution < -0.4 is 10.1 Å². The van der Waals surface area contributed by atoms with Crippen LogP contribution in [0.4, 0.5) is 13.2 Å². The average Bonchev–Trinajstić information content (AvgIpc) is 2.22. The summed E-state index contributed by atoms with van der Waals surface area (Å²) in [5.41, 5.74) is 0.539. The smallest absolute Gasteiger partial charge is 0.387 e. The zero-order valence-corrected chi connectivity index (χ0v) is 9.38. The van der Waals surface area contributed by atoms with Gasteiger partial charge in [0.2, 0.25) is 0 Å². The van der Waals surface area contributed by atoms with Gasteiger partial charge in [-0.2, -0.15) is 8.78 Å². The molecule has 3 nitrogen and oxygen atoms in total. The molecule has 1 rings (SSSR count). The van der Waals surface area contributed by atoms with Crippen LogP contribution in [0, 0.1) is 5.82 Å². The van der Waals surface area contributed by atoms with Gasteiger partial charge >= 0.3 is 6.61 Å². The quantitative estimate of drug-likeness (QED) is 0.751. The third-order valence-corrected chi connectivity index (χ3v) is 1.97. The summed E-state index contributed by atoms with van der Waals surface area (Å²) < 4.78 is 46.0. The zero-order valence-electron chi connectivity index (χ0n) is 9.38. The minimum atomic E-state index is -2.95. The van der Waals surface area contributed by atoms with Crippen molar-refractivity contribution >= 4 is 0 Å². The first-order chi connectivity index (χ1) is 8.11. The second-order valence-electron chi connectivity index (χ2n) is 3.34. The van der Waals surface area contributed by atoms with E-state index < -0.39 is 12.4 Å². The molecule has 0 aromatic heterocycles. The molecule has 96 valence electrons. The lowest BCUT2D eigenvalue weighted by Crippen LogP contribution is -2.18. The topological polar surface area (TPSA) is 30.5 Å². The molecule has 0 heterocycles. The van der Waals surface area contributed by atoms with Crippen molar-refractivity contribution in [1.29, 1.82) is 0 Å². The zero-order chi connectivity index (χ0) is 12.7. The summed E-state index contributed by atoms with van der Waals surface area (Å²) in [4.78, 5) is 0. The standard InChI is InChI=1S/C11H14F3NO2/c1-16-3-2-15-7-8-4-9(12)6-10(5-8)17-11(13)14/h4-6,11,15H,2-3,7H2,1H3. The number of ether oxygens (including phenoxy) is 2. The van der Waals surface area contributed by atoms with E-state index in [0.29, 0.717) is 25.3 Å². The fraction of sp³-hybridized carbons (Fsp3) is 0.455. The van der Waals surface area contributed by atoms with Crippen molar-refractivity contribution < 1.29 is 22.6 Å². The first-order valence-electron chi connectivity index (χ1n) is 5.05. The molecule has 0 aliphatic carbocycles. The van der Waals surface area contributed by atoms with Gasteiger partial charge < -0.3 is 14.8 Å². The number of halogens is 3. The summed E-state index contributed by atoms with van der Waals surface area (Å²) >= 11 is 0. The van der Waals surface area contributed by atoms with E-state index in [9.17, 15) is 13.2 Å². The molecule has 0 saturated carbocycles. The minimum Gasteiger partial charge on any atom is -0.435 e. The van der Waals surface area contributed by atoms with E-state index in [1.165, 1.54) is 12.1 Å². The Morgan fingerprint density at radius 2 is 2.06 bits per heavy atom. The normalized spacial score (nSPS) is 10.9. The van der Waals surface area contributed by atoms with E-state index in [1.807, 2.05) is 0 Å². The second-order valence-corrected chi connectivity index (χ2v) is 3.34. The maximum absolute atomic E-state index is 13.1. The molecule has 17 heavy (non-hydrogen) atoms. The minimum absolute atomic E-state index is 0.177. The molecule has 0 amide bonds. The second kappa shape index (κ2) is 7.13. The first-order valence-corrected chi connectivity index (χ1v) is 5.05. The maximum atomic E-state index is 13.1. The van der Waals surface area contributed by atoms with Gasteiger partial charge in [0, 0.05) is 26.3 Å². The Bertz CT molecular complexity index is 347. The average molecular weight is 249 g/mol. The molecule has 1 aromatic carbocycles. The Balaban J connectivity index is 2.56. The highest BCUT2D eigenvalue weighted by atomic mass is 19.3. The van der Waals surface area contributed by atoms with Gasteiger partial charge in [0.15, 0.2) is 0 Å². The highest BCUT2D eigenvalue weighted by Crippen LogP contribution is 2.18. The molecule has 0 radical (unpaired) electrons. The van der Waals surface area contributed by atoms with Crippen molar-refractivity contribution in [3.05, 3.63) is 29.6 Å². The summed E-state index contributed by atoms with van der Waals surface area (Å²) in [7, 11) is 1.57. The molecule has 0 aliphatic rings. The van der Waals surface area contributed by atoms with Crippen LogP contribution in [0.15, 0.2) is 18.2 Å². The van der Waals surface area contributed by atoms with E-state index in [2.05, 4.69) is 10.1 Å². The van der Waals surface area contributed by atoms with E-state index >= 15 is 0 Å². The maximum Gasteiger partial charge on any atom is 0.387 e. The molecular weight excluding hydrogens is 235 g/mol. The molecule has 0 atom stereocenters. The number of alkyl halides is 2. The molecule has 0 spiro atoms. The summed E-state index contributed by atoms with van der Waals surface area (Å²) in [6.07, 6.45) is 0. The van der Waals surface area contributed by atoms with Crippen LogP contribution in [-0.4, -0.2) is 26.9 Å². The molecule has 1 aromatic rings. The highest BCUT2D eigenvalue weighted by molar-refractivity contribution is 5.29. The van der Waals surface area contributed by atoms with Gasteiger partial charge in [0.25, 0.3) is 0 Å². The number of hydrogen-bond acceptors (Lipinski definition) is 3. The highest BCUT2D eigenvalue weighted by Gasteiger charge is 2.07. The van der Waals surface area contributed by atoms with Crippen LogP contribution in [0.25, 0.3) is 0 Å². The van der Waals surface area contributed by atoms with Crippen LogP contribution in [0.1, 0.15) is 5.56 Å². The summed E-state index contributed by atoms with van der Waals surface area (Å²) in [5, 5.41) is 2.98. The third kappa shape index (κ3) is 5.55. The van der Waals surface area contributed by atoms with Gasteiger partial charge in [-0.3, -0.25) is 0 Å². The lowest BCUT2D eigenvalue weighted by molar-refractivity contribution is -0.0500. The van der Waals surface area contributed by atoms with Gasteiger partial charge in [-0.15, -0.1) is 0 Å². The fourth-order valence-corrected chi connectivity index (χ4v) is 1.30. The number of benzene rings is 1. The summed E-state index contributed by atoms with van der Waals surface area (Å²) in [6, 6.07) is 3.55. The fourth-order valence-electron chi connectivity index (χ4n) is 1.30. The van der Waals surface area contributed by atoms with Crippen LogP contribution >= 0.6 is 0 Å². The Hall–Kier alpha value is -1.27. The van der Waals surface area contributed by atoms with Gasteiger partial charge in [0.1, 0.15) is 11.6 Å². The van der Waals surface area contributed by atoms with E-state index in [1.54, 1.807) is 7.11 Å². The van der Waals surface area contributed by atoms with Crippen molar-refractivity contribution in [1.82, 2.24) is 5.32 Å². The van der Waals surface area contributed by atoms with Crippen molar-refractivity contribution in [2.45, 2.75) is 13.2 Å². The van der Waals surface area contributed by atoms with E-state index in [0.717, 1.165) is 6.07 Å². The number of hydrogen-bond donors (Lipinski definition) is 1. The van der Waals surface area contributed by atoms with Crippen molar-refractivity contribution in [2.24, 2.45) is 0 Å². The molecule has 0 fully saturated rings. The SMILES string of the molecule is COCCNCc1cc(F)cc(OC(F)F)c1.